The maximum atomic E-state index is 3.60. The molecule has 1 unspecified atom stereocenters. The second-order valence-corrected chi connectivity index (χ2v) is 4.90. The summed E-state index contributed by atoms with van der Waals surface area (Å²) in [6, 6.07) is 9.92. The molecule has 3 heteroatoms. The van der Waals surface area contributed by atoms with Crippen LogP contribution < -0.4 is 10.6 Å². The second-order valence-electron chi connectivity index (χ2n) is 4.02. The van der Waals surface area contributed by atoms with E-state index in [9.17, 15) is 0 Å². The summed E-state index contributed by atoms with van der Waals surface area (Å²) in [5.74, 6) is 0. The SMILES string of the molecule is CSc1ccc(C(C)NC2CNC2)cc1. The molecule has 1 aliphatic rings. The highest BCUT2D eigenvalue weighted by Crippen LogP contribution is 2.19. The zero-order valence-electron chi connectivity index (χ0n) is 9.29. The maximum absolute atomic E-state index is 3.60. The molecule has 15 heavy (non-hydrogen) atoms. The monoisotopic (exact) mass is 222 g/mol. The van der Waals surface area contributed by atoms with Gasteiger partial charge in [0.2, 0.25) is 0 Å². The van der Waals surface area contributed by atoms with Crippen molar-refractivity contribution in [3.8, 4) is 0 Å². The van der Waals surface area contributed by atoms with Gasteiger partial charge in [-0.25, -0.2) is 0 Å². The number of hydrogen-bond donors (Lipinski definition) is 2. The Balaban J connectivity index is 1.94. The van der Waals surface area contributed by atoms with E-state index >= 15 is 0 Å². The molecule has 0 spiro atoms. The van der Waals surface area contributed by atoms with Crippen molar-refractivity contribution in [1.82, 2.24) is 10.6 Å². The molecule has 0 saturated carbocycles. The van der Waals surface area contributed by atoms with E-state index in [0.29, 0.717) is 12.1 Å². The Labute approximate surface area is 95.8 Å². The molecule has 1 atom stereocenters. The first kappa shape index (κ1) is 11.0. The van der Waals surface area contributed by atoms with Crippen molar-refractivity contribution in [2.45, 2.75) is 23.9 Å². The summed E-state index contributed by atoms with van der Waals surface area (Å²) in [5, 5.41) is 6.87. The van der Waals surface area contributed by atoms with Crippen molar-refractivity contribution in [3.05, 3.63) is 29.8 Å². The second kappa shape index (κ2) is 5.01. The van der Waals surface area contributed by atoms with Gasteiger partial charge < -0.3 is 10.6 Å². The van der Waals surface area contributed by atoms with Crippen molar-refractivity contribution < 1.29 is 0 Å². The van der Waals surface area contributed by atoms with Gasteiger partial charge in [0, 0.05) is 30.1 Å². The van der Waals surface area contributed by atoms with Gasteiger partial charge in [0.1, 0.15) is 0 Å². The Morgan fingerprint density at radius 3 is 2.47 bits per heavy atom. The predicted molar refractivity (Wildman–Crippen MR) is 66.4 cm³/mol. The molecule has 1 aliphatic heterocycles. The average molecular weight is 222 g/mol. The molecule has 1 heterocycles. The normalized spacial score (nSPS) is 18.5. The number of nitrogens with one attached hydrogen (secondary N) is 2. The topological polar surface area (TPSA) is 24.1 Å². The third kappa shape index (κ3) is 2.74. The van der Waals surface area contributed by atoms with Crippen LogP contribution in [0.4, 0.5) is 0 Å². The van der Waals surface area contributed by atoms with E-state index in [0.717, 1.165) is 13.1 Å². The van der Waals surface area contributed by atoms with Crippen molar-refractivity contribution in [1.29, 1.82) is 0 Å². The summed E-state index contributed by atoms with van der Waals surface area (Å²) in [7, 11) is 0. The Kier molecular flexibility index (Phi) is 3.67. The van der Waals surface area contributed by atoms with E-state index < -0.39 is 0 Å². The smallest absolute Gasteiger partial charge is 0.0322 e. The molecule has 1 aromatic carbocycles. The van der Waals surface area contributed by atoms with E-state index in [-0.39, 0.29) is 0 Å². The van der Waals surface area contributed by atoms with Gasteiger partial charge in [0.15, 0.2) is 0 Å². The largest absolute Gasteiger partial charge is 0.314 e. The number of rotatable bonds is 4. The molecule has 1 aromatic rings. The number of hydrogen-bond acceptors (Lipinski definition) is 3. The molecule has 2 nitrogen and oxygen atoms in total. The van der Waals surface area contributed by atoms with E-state index in [1.165, 1.54) is 10.5 Å². The van der Waals surface area contributed by atoms with Crippen LogP contribution in [0.5, 0.6) is 0 Å². The summed E-state index contributed by atoms with van der Waals surface area (Å²) in [6.45, 7) is 4.44. The summed E-state index contributed by atoms with van der Waals surface area (Å²) >= 11 is 1.79. The number of benzene rings is 1. The Hall–Kier alpha value is -0.510. The van der Waals surface area contributed by atoms with Crippen molar-refractivity contribution in [2.75, 3.05) is 19.3 Å². The molecular weight excluding hydrogens is 204 g/mol. The molecule has 2 rings (SSSR count). The Bertz CT molecular complexity index is 306. The van der Waals surface area contributed by atoms with Gasteiger partial charge in [-0.3, -0.25) is 0 Å². The molecule has 0 amide bonds. The van der Waals surface area contributed by atoms with Crippen LogP contribution in [-0.2, 0) is 0 Å². The van der Waals surface area contributed by atoms with E-state index in [1.54, 1.807) is 11.8 Å². The molecule has 1 saturated heterocycles. The van der Waals surface area contributed by atoms with E-state index in [1.807, 2.05) is 0 Å². The molecule has 0 bridgehead atoms. The minimum Gasteiger partial charge on any atom is -0.314 e. The molecule has 82 valence electrons. The Morgan fingerprint density at radius 2 is 2.00 bits per heavy atom. The highest BCUT2D eigenvalue weighted by molar-refractivity contribution is 7.98. The summed E-state index contributed by atoms with van der Waals surface area (Å²) < 4.78 is 0. The van der Waals surface area contributed by atoms with Crippen LogP contribution in [0, 0.1) is 0 Å². The molecular formula is C12H18N2S. The lowest BCUT2D eigenvalue weighted by molar-refractivity contribution is 0.338. The predicted octanol–water partition coefficient (Wildman–Crippen LogP) is 2.03. The first-order valence-corrected chi connectivity index (χ1v) is 6.63. The van der Waals surface area contributed by atoms with Gasteiger partial charge in [-0.2, -0.15) is 0 Å². The summed E-state index contributed by atoms with van der Waals surface area (Å²) in [5.41, 5.74) is 1.37. The maximum Gasteiger partial charge on any atom is 0.0322 e. The van der Waals surface area contributed by atoms with Crippen LogP contribution in [0.25, 0.3) is 0 Å². The fraction of sp³-hybridized carbons (Fsp3) is 0.500. The van der Waals surface area contributed by atoms with Crippen molar-refractivity contribution in [2.24, 2.45) is 0 Å². The molecule has 0 radical (unpaired) electrons. The summed E-state index contributed by atoms with van der Waals surface area (Å²) in [4.78, 5) is 1.33. The average Bonchev–Trinajstić information content (AvgIpc) is 2.23. The fourth-order valence-corrected chi connectivity index (χ4v) is 2.16. The third-order valence-electron chi connectivity index (χ3n) is 2.88. The quantitative estimate of drug-likeness (QED) is 0.762. The minimum absolute atomic E-state index is 0.452. The van der Waals surface area contributed by atoms with Gasteiger partial charge in [-0.05, 0) is 30.9 Å². The van der Waals surface area contributed by atoms with Crippen LogP contribution in [0.15, 0.2) is 29.2 Å². The van der Waals surface area contributed by atoms with Crippen LogP contribution >= 0.6 is 11.8 Å². The molecule has 2 N–H and O–H groups in total. The summed E-state index contributed by atoms with van der Waals surface area (Å²) in [6.07, 6.45) is 2.11. The number of thioether (sulfide) groups is 1. The van der Waals surface area contributed by atoms with E-state index in [4.69, 9.17) is 0 Å². The first-order valence-electron chi connectivity index (χ1n) is 5.40. The first-order chi connectivity index (χ1) is 7.29. The van der Waals surface area contributed by atoms with Gasteiger partial charge in [0.25, 0.3) is 0 Å². The third-order valence-corrected chi connectivity index (χ3v) is 3.63. The lowest BCUT2D eigenvalue weighted by Gasteiger charge is -2.31. The molecule has 1 fully saturated rings. The standard InChI is InChI=1S/C12H18N2S/c1-9(14-11-7-13-8-11)10-3-5-12(15-2)6-4-10/h3-6,9,11,13-14H,7-8H2,1-2H3. The van der Waals surface area contributed by atoms with Crippen LogP contribution in [-0.4, -0.2) is 25.4 Å². The Morgan fingerprint density at radius 1 is 1.33 bits per heavy atom. The highest BCUT2D eigenvalue weighted by Gasteiger charge is 2.18. The van der Waals surface area contributed by atoms with E-state index in [2.05, 4.69) is 48.1 Å². The van der Waals surface area contributed by atoms with Crippen LogP contribution in [0.1, 0.15) is 18.5 Å². The van der Waals surface area contributed by atoms with Crippen molar-refractivity contribution in [3.63, 3.8) is 0 Å². The van der Waals surface area contributed by atoms with Gasteiger partial charge in [-0.15, -0.1) is 11.8 Å². The fourth-order valence-electron chi connectivity index (χ4n) is 1.75. The molecule has 0 aliphatic carbocycles. The highest BCUT2D eigenvalue weighted by atomic mass is 32.2. The van der Waals surface area contributed by atoms with Crippen LogP contribution in [0.3, 0.4) is 0 Å². The lowest BCUT2D eigenvalue weighted by Crippen LogP contribution is -2.55. The lowest BCUT2D eigenvalue weighted by atomic mass is 10.1. The molecule has 0 aromatic heterocycles. The minimum atomic E-state index is 0.452. The zero-order chi connectivity index (χ0) is 10.7. The van der Waals surface area contributed by atoms with Crippen molar-refractivity contribution >= 4 is 11.8 Å². The zero-order valence-corrected chi connectivity index (χ0v) is 10.1. The van der Waals surface area contributed by atoms with Gasteiger partial charge >= 0.3 is 0 Å². The van der Waals surface area contributed by atoms with Gasteiger partial charge in [-0.1, -0.05) is 12.1 Å². The van der Waals surface area contributed by atoms with Crippen LogP contribution in [0.2, 0.25) is 0 Å². The van der Waals surface area contributed by atoms with Gasteiger partial charge in [0.05, 0.1) is 0 Å².